The highest BCUT2D eigenvalue weighted by molar-refractivity contribution is 5.94. The molecule has 33 heavy (non-hydrogen) atoms. The number of benzene rings is 2. The van der Waals surface area contributed by atoms with Crippen LogP contribution in [0.3, 0.4) is 0 Å². The van der Waals surface area contributed by atoms with E-state index >= 15 is 0 Å². The third kappa shape index (κ3) is 5.63. The second kappa shape index (κ2) is 10.4. The molecule has 0 aliphatic carbocycles. The SMILES string of the molecule is CCc1ccc(C(=O)N2CCN(C(=O)CCCc3nc(-c4ccc(F)cc4)no3)CC2)cc1. The first-order valence-corrected chi connectivity index (χ1v) is 11.3. The molecule has 0 atom stereocenters. The maximum atomic E-state index is 13.0. The summed E-state index contributed by atoms with van der Waals surface area (Å²) in [4.78, 5) is 33.2. The van der Waals surface area contributed by atoms with Crippen LogP contribution in [-0.4, -0.2) is 57.9 Å². The van der Waals surface area contributed by atoms with E-state index in [1.54, 1.807) is 17.0 Å². The summed E-state index contributed by atoms with van der Waals surface area (Å²) in [5, 5.41) is 3.92. The molecule has 3 aromatic rings. The zero-order valence-corrected chi connectivity index (χ0v) is 18.7. The van der Waals surface area contributed by atoms with Crippen molar-refractivity contribution in [3.05, 3.63) is 71.4 Å². The summed E-state index contributed by atoms with van der Waals surface area (Å²) in [5.74, 6) is 0.607. The Bertz CT molecular complexity index is 1090. The third-order valence-electron chi connectivity index (χ3n) is 5.88. The molecular weight excluding hydrogens is 423 g/mol. The second-order valence-corrected chi connectivity index (χ2v) is 8.10. The molecule has 8 heteroatoms. The van der Waals surface area contributed by atoms with Crippen molar-refractivity contribution >= 4 is 11.8 Å². The number of hydrogen-bond donors (Lipinski definition) is 0. The van der Waals surface area contributed by atoms with Crippen LogP contribution in [0.15, 0.2) is 53.1 Å². The van der Waals surface area contributed by atoms with E-state index in [-0.39, 0.29) is 17.6 Å². The Balaban J connectivity index is 1.21. The number of aromatic nitrogens is 2. The Hall–Kier alpha value is -3.55. The topological polar surface area (TPSA) is 79.5 Å². The minimum atomic E-state index is -0.322. The zero-order chi connectivity index (χ0) is 23.2. The van der Waals surface area contributed by atoms with Crippen LogP contribution >= 0.6 is 0 Å². The Morgan fingerprint density at radius 2 is 1.64 bits per heavy atom. The number of nitrogens with zero attached hydrogens (tertiary/aromatic N) is 4. The molecule has 1 saturated heterocycles. The molecule has 0 radical (unpaired) electrons. The largest absolute Gasteiger partial charge is 0.339 e. The van der Waals surface area contributed by atoms with Crippen molar-refractivity contribution in [2.45, 2.75) is 32.6 Å². The predicted molar refractivity (Wildman–Crippen MR) is 121 cm³/mol. The lowest BCUT2D eigenvalue weighted by molar-refractivity contribution is -0.132. The predicted octanol–water partition coefficient (Wildman–Crippen LogP) is 3.75. The lowest BCUT2D eigenvalue weighted by Gasteiger charge is -2.35. The molecule has 0 spiro atoms. The van der Waals surface area contributed by atoms with E-state index < -0.39 is 0 Å². The van der Waals surface area contributed by atoms with Crippen molar-refractivity contribution < 1.29 is 18.5 Å². The maximum absolute atomic E-state index is 13.0. The molecule has 1 aliphatic rings. The average Bonchev–Trinajstić information content (AvgIpc) is 3.33. The van der Waals surface area contributed by atoms with Gasteiger partial charge in [-0.05, 0) is 54.8 Å². The quantitative estimate of drug-likeness (QED) is 0.548. The van der Waals surface area contributed by atoms with E-state index in [0.29, 0.717) is 68.3 Å². The highest BCUT2D eigenvalue weighted by Gasteiger charge is 2.24. The van der Waals surface area contributed by atoms with E-state index in [4.69, 9.17) is 4.52 Å². The fraction of sp³-hybridized carbons (Fsp3) is 0.360. The summed E-state index contributed by atoms with van der Waals surface area (Å²) in [6.07, 6.45) is 2.40. The Morgan fingerprint density at radius 3 is 2.30 bits per heavy atom. The summed E-state index contributed by atoms with van der Waals surface area (Å²) < 4.78 is 18.3. The Kier molecular flexibility index (Phi) is 7.12. The fourth-order valence-corrected chi connectivity index (χ4v) is 3.85. The van der Waals surface area contributed by atoms with Gasteiger partial charge in [0.2, 0.25) is 17.6 Å². The van der Waals surface area contributed by atoms with Crippen LogP contribution < -0.4 is 0 Å². The van der Waals surface area contributed by atoms with Gasteiger partial charge in [-0.15, -0.1) is 0 Å². The molecule has 2 heterocycles. The van der Waals surface area contributed by atoms with Crippen molar-refractivity contribution in [2.75, 3.05) is 26.2 Å². The minimum Gasteiger partial charge on any atom is -0.339 e. The molecule has 1 aromatic heterocycles. The van der Waals surface area contributed by atoms with Gasteiger partial charge >= 0.3 is 0 Å². The summed E-state index contributed by atoms with van der Waals surface area (Å²) in [5.41, 5.74) is 2.57. The number of amides is 2. The van der Waals surface area contributed by atoms with Gasteiger partial charge in [-0.2, -0.15) is 4.98 Å². The first-order chi connectivity index (χ1) is 16.0. The molecule has 4 rings (SSSR count). The zero-order valence-electron chi connectivity index (χ0n) is 18.7. The normalized spacial score (nSPS) is 13.9. The third-order valence-corrected chi connectivity index (χ3v) is 5.88. The molecule has 2 aromatic carbocycles. The maximum Gasteiger partial charge on any atom is 0.253 e. The van der Waals surface area contributed by atoms with Gasteiger partial charge in [0.05, 0.1) is 0 Å². The highest BCUT2D eigenvalue weighted by Crippen LogP contribution is 2.17. The first kappa shape index (κ1) is 22.6. The number of piperazine rings is 1. The molecule has 172 valence electrons. The number of rotatable bonds is 7. The van der Waals surface area contributed by atoms with Crippen molar-refractivity contribution in [2.24, 2.45) is 0 Å². The molecule has 0 N–H and O–H groups in total. The highest BCUT2D eigenvalue weighted by atomic mass is 19.1. The van der Waals surface area contributed by atoms with Crippen LogP contribution in [-0.2, 0) is 17.6 Å². The first-order valence-electron chi connectivity index (χ1n) is 11.3. The molecular formula is C25H27FN4O3. The van der Waals surface area contributed by atoms with Crippen LogP contribution in [0.25, 0.3) is 11.4 Å². The van der Waals surface area contributed by atoms with Crippen LogP contribution in [0, 0.1) is 5.82 Å². The van der Waals surface area contributed by atoms with Gasteiger partial charge in [0.15, 0.2) is 0 Å². The van der Waals surface area contributed by atoms with Gasteiger partial charge in [-0.1, -0.05) is 24.2 Å². The Labute approximate surface area is 192 Å². The lowest BCUT2D eigenvalue weighted by Crippen LogP contribution is -2.50. The summed E-state index contributed by atoms with van der Waals surface area (Å²) in [6.45, 7) is 4.22. The molecule has 0 bridgehead atoms. The van der Waals surface area contributed by atoms with Crippen molar-refractivity contribution in [1.29, 1.82) is 0 Å². The van der Waals surface area contributed by atoms with Crippen LogP contribution in [0.1, 0.15) is 41.6 Å². The van der Waals surface area contributed by atoms with Gasteiger partial charge < -0.3 is 14.3 Å². The minimum absolute atomic E-state index is 0.0121. The van der Waals surface area contributed by atoms with Gasteiger partial charge in [0, 0.05) is 50.1 Å². The molecule has 1 fully saturated rings. The molecule has 7 nitrogen and oxygen atoms in total. The van der Waals surface area contributed by atoms with E-state index in [1.165, 1.54) is 17.7 Å². The molecule has 0 saturated carbocycles. The van der Waals surface area contributed by atoms with Gasteiger partial charge in [0.1, 0.15) is 5.82 Å². The smallest absolute Gasteiger partial charge is 0.253 e. The number of carbonyl (C=O) groups excluding carboxylic acids is 2. The van der Waals surface area contributed by atoms with Crippen molar-refractivity contribution in [3.8, 4) is 11.4 Å². The van der Waals surface area contributed by atoms with E-state index in [2.05, 4.69) is 17.1 Å². The van der Waals surface area contributed by atoms with Gasteiger partial charge in [-0.3, -0.25) is 9.59 Å². The second-order valence-electron chi connectivity index (χ2n) is 8.10. The number of halogens is 1. The molecule has 0 unspecified atom stereocenters. The van der Waals surface area contributed by atoms with Crippen molar-refractivity contribution in [3.63, 3.8) is 0 Å². The fourth-order valence-electron chi connectivity index (χ4n) is 3.85. The standard InChI is InChI=1S/C25H27FN4O3/c1-2-18-6-8-20(9-7-18)25(32)30-16-14-29(15-17-30)23(31)5-3-4-22-27-24(28-33-22)19-10-12-21(26)13-11-19/h6-13H,2-5,14-17H2,1H3. The van der Waals surface area contributed by atoms with E-state index in [0.717, 1.165) is 6.42 Å². The monoisotopic (exact) mass is 450 g/mol. The number of hydrogen-bond acceptors (Lipinski definition) is 5. The summed E-state index contributed by atoms with van der Waals surface area (Å²) >= 11 is 0. The molecule has 2 amide bonds. The molecule has 1 aliphatic heterocycles. The van der Waals surface area contributed by atoms with Gasteiger partial charge in [0.25, 0.3) is 5.91 Å². The van der Waals surface area contributed by atoms with Crippen molar-refractivity contribution in [1.82, 2.24) is 19.9 Å². The number of aryl methyl sites for hydroxylation is 2. The van der Waals surface area contributed by atoms with Crippen LogP contribution in [0.4, 0.5) is 4.39 Å². The Morgan fingerprint density at radius 1 is 0.970 bits per heavy atom. The van der Waals surface area contributed by atoms with Crippen LogP contribution in [0.5, 0.6) is 0 Å². The van der Waals surface area contributed by atoms with Crippen LogP contribution in [0.2, 0.25) is 0 Å². The van der Waals surface area contributed by atoms with E-state index in [9.17, 15) is 14.0 Å². The van der Waals surface area contributed by atoms with Gasteiger partial charge in [-0.25, -0.2) is 4.39 Å². The number of carbonyl (C=O) groups is 2. The lowest BCUT2D eigenvalue weighted by atomic mass is 10.1. The summed E-state index contributed by atoms with van der Waals surface area (Å²) in [7, 11) is 0. The van der Waals surface area contributed by atoms with E-state index in [1.807, 2.05) is 29.2 Å². The average molecular weight is 451 g/mol. The summed E-state index contributed by atoms with van der Waals surface area (Å²) in [6, 6.07) is 13.6.